The van der Waals surface area contributed by atoms with Gasteiger partial charge in [-0.15, -0.1) is 78.2 Å². The molecule has 9 heterocycles. The van der Waals surface area contributed by atoms with Crippen molar-refractivity contribution in [3.8, 4) is 71.0 Å². The summed E-state index contributed by atoms with van der Waals surface area (Å²) in [6, 6.07) is 28.1. The van der Waals surface area contributed by atoms with E-state index in [1.54, 1.807) is 46.1 Å². The number of unbranched alkanes of at least 4 members (excludes halogenated alkanes) is 5. The molecule has 1 aliphatic rings. The Hall–Kier alpha value is -3.64. The topological polar surface area (TPSA) is 51.6 Å². The fraction of sp³-hybridized carbons (Fsp3) is 0.390. The standard InChI is InChI=1S/C59H62F2N4S8Si/c1-7-12-15-16-19-37-21-23-43(67-37)45-25-27-47(69-45)53-41(61)29-39(57-55(53)63-65-73-57)49-31-51-59(71-49)58-50(74(51,32-35(10-4)17-13-8-2)33-36(11-5)18-14-9-3)30-48(70-58)38-28-40(60)52(54-56(38)72-64-62-54)46-26-24-44(68-46)42-22-20-34(6)66-42/h20-31,35-36H,7-19,32-33H2,1-6H3. The Balaban J connectivity index is 1.02. The van der Waals surface area contributed by atoms with Gasteiger partial charge in [0.25, 0.3) is 0 Å². The van der Waals surface area contributed by atoms with E-state index in [0.717, 1.165) is 69.1 Å². The number of hydrogen-bond acceptors (Lipinski definition) is 12. The van der Waals surface area contributed by atoms with E-state index in [9.17, 15) is 0 Å². The molecule has 1 aliphatic heterocycles. The van der Waals surface area contributed by atoms with E-state index >= 15 is 8.78 Å². The molecule has 0 amide bonds. The van der Waals surface area contributed by atoms with E-state index in [2.05, 4.69) is 115 Å². The maximum atomic E-state index is 17.2. The fourth-order valence-corrected chi connectivity index (χ4v) is 27.6. The molecular formula is C59H62F2N4S8Si. The van der Waals surface area contributed by atoms with Gasteiger partial charge in [-0.3, -0.25) is 0 Å². The van der Waals surface area contributed by atoms with Crippen LogP contribution in [0.2, 0.25) is 12.1 Å². The summed E-state index contributed by atoms with van der Waals surface area (Å²) < 4.78 is 45.1. The third-order valence-corrected chi connectivity index (χ3v) is 29.9. The molecule has 2 atom stereocenters. The van der Waals surface area contributed by atoms with Crippen molar-refractivity contribution in [3.63, 3.8) is 0 Å². The van der Waals surface area contributed by atoms with Gasteiger partial charge in [-0.1, -0.05) is 114 Å². The van der Waals surface area contributed by atoms with Gasteiger partial charge in [-0.2, -0.15) is 0 Å². The van der Waals surface area contributed by atoms with Gasteiger partial charge in [0.2, 0.25) is 0 Å². The zero-order valence-corrected chi connectivity index (χ0v) is 50.5. The largest absolute Gasteiger partial charge is 0.206 e. The molecule has 0 N–H and O–H groups in total. The van der Waals surface area contributed by atoms with Crippen LogP contribution in [0, 0.1) is 30.4 Å². The van der Waals surface area contributed by atoms with E-state index < -0.39 is 8.07 Å². The Morgan fingerprint density at radius 1 is 0.486 bits per heavy atom. The molecule has 0 spiro atoms. The predicted octanol–water partition coefficient (Wildman–Crippen LogP) is 20.8. The van der Waals surface area contributed by atoms with Gasteiger partial charge in [0, 0.05) is 69.7 Å². The summed E-state index contributed by atoms with van der Waals surface area (Å²) in [5.74, 6) is 0.672. The van der Waals surface area contributed by atoms with Crippen LogP contribution in [-0.4, -0.2) is 27.2 Å². The summed E-state index contributed by atoms with van der Waals surface area (Å²) in [4.78, 5) is 14.0. The van der Waals surface area contributed by atoms with E-state index in [1.807, 2.05) is 40.1 Å². The highest BCUT2D eigenvalue weighted by molar-refractivity contribution is 7.32. The minimum absolute atomic E-state index is 0.253. The molecule has 0 bridgehead atoms. The zero-order chi connectivity index (χ0) is 51.1. The first-order valence-electron chi connectivity index (χ1n) is 26.7. The van der Waals surface area contributed by atoms with Crippen molar-refractivity contribution in [2.24, 2.45) is 11.8 Å². The van der Waals surface area contributed by atoms with Gasteiger partial charge in [0.1, 0.15) is 30.7 Å². The van der Waals surface area contributed by atoms with Crippen LogP contribution in [0.15, 0.2) is 72.8 Å². The van der Waals surface area contributed by atoms with Gasteiger partial charge in [-0.25, -0.2) is 8.78 Å². The molecule has 4 nitrogen and oxygen atoms in total. The van der Waals surface area contributed by atoms with Crippen molar-refractivity contribution in [2.45, 2.75) is 137 Å². The molecule has 0 saturated carbocycles. The molecule has 74 heavy (non-hydrogen) atoms. The average Bonchev–Trinajstić information content (AvgIpc) is 4.25. The highest BCUT2D eigenvalue weighted by atomic mass is 32.1. The minimum atomic E-state index is -2.51. The SMILES string of the molecule is CCCCCCc1ccc(-c2ccc(-c3c(F)cc(-c4cc5c(s4)-c4sc(-c6cc(F)c(-c7ccc(-c8ccc(C)s8)s7)c7nnsc67)cc4[Si]5(CC(CC)CCCC)CC(CC)CCCC)c4snnc34)s2)s1. The Morgan fingerprint density at radius 2 is 0.959 bits per heavy atom. The van der Waals surface area contributed by atoms with Crippen molar-refractivity contribution >= 4 is 130 Å². The number of halogens is 2. The highest BCUT2D eigenvalue weighted by Gasteiger charge is 2.50. The number of nitrogens with zero attached hydrogens (tertiary/aromatic N) is 4. The first-order valence-corrected chi connectivity index (χ1v) is 35.6. The summed E-state index contributed by atoms with van der Waals surface area (Å²) >= 11 is 13.3. The molecular weight excluding hydrogens is 1090 g/mol. The van der Waals surface area contributed by atoms with Crippen molar-refractivity contribution < 1.29 is 8.78 Å². The number of aromatic nitrogens is 4. The van der Waals surface area contributed by atoms with Gasteiger partial charge in [0.15, 0.2) is 0 Å². The number of aryl methyl sites for hydroxylation is 2. The normalized spacial score (nSPS) is 15.2. The molecule has 2 aromatic carbocycles. The number of fused-ring (bicyclic) bond motifs is 5. The minimum Gasteiger partial charge on any atom is -0.206 e. The first-order chi connectivity index (χ1) is 36.1. The van der Waals surface area contributed by atoms with Crippen molar-refractivity contribution in [1.82, 2.24) is 19.2 Å². The second-order valence-corrected chi connectivity index (χ2v) is 32.6. The van der Waals surface area contributed by atoms with Gasteiger partial charge in [0.05, 0.1) is 20.5 Å². The summed E-state index contributed by atoms with van der Waals surface area (Å²) in [6.45, 7) is 13.8. The van der Waals surface area contributed by atoms with E-state index in [-0.39, 0.29) is 11.6 Å². The van der Waals surface area contributed by atoms with Crippen molar-refractivity contribution in [3.05, 3.63) is 94.2 Å². The van der Waals surface area contributed by atoms with E-state index in [1.165, 1.54) is 139 Å². The van der Waals surface area contributed by atoms with Crippen LogP contribution in [0.4, 0.5) is 8.78 Å². The Bertz CT molecular complexity index is 3540. The smallest absolute Gasteiger partial charge is 0.134 e. The predicted molar refractivity (Wildman–Crippen MR) is 327 cm³/mol. The lowest BCUT2D eigenvalue weighted by molar-refractivity contribution is 0.469. The number of rotatable bonds is 23. The van der Waals surface area contributed by atoms with Crippen LogP contribution in [0.25, 0.3) is 91.5 Å². The average molecular weight is 1150 g/mol. The Morgan fingerprint density at radius 3 is 1.45 bits per heavy atom. The van der Waals surface area contributed by atoms with Gasteiger partial charge in [-0.05, 0) is 150 Å². The van der Waals surface area contributed by atoms with Crippen molar-refractivity contribution in [1.29, 1.82) is 0 Å². The zero-order valence-electron chi connectivity index (χ0n) is 43.0. The number of thiophene rings is 6. The highest BCUT2D eigenvalue weighted by Crippen LogP contribution is 2.53. The maximum Gasteiger partial charge on any atom is 0.134 e. The third-order valence-electron chi connectivity index (χ3n) is 15.4. The van der Waals surface area contributed by atoms with Crippen molar-refractivity contribution in [2.75, 3.05) is 0 Å². The Labute approximate surface area is 468 Å². The third kappa shape index (κ3) is 9.97. The van der Waals surface area contributed by atoms with Crippen LogP contribution >= 0.6 is 91.1 Å². The van der Waals surface area contributed by atoms with E-state index in [0.29, 0.717) is 34.0 Å². The molecule has 15 heteroatoms. The quantitative estimate of drug-likeness (QED) is 0.0473. The molecule has 0 fully saturated rings. The molecule has 0 aliphatic carbocycles. The van der Waals surface area contributed by atoms with Gasteiger partial charge >= 0.3 is 0 Å². The molecule has 0 saturated heterocycles. The summed E-state index contributed by atoms with van der Waals surface area (Å²) in [5.41, 5.74) is 4.12. The summed E-state index contributed by atoms with van der Waals surface area (Å²) in [6.07, 6.45) is 15.7. The molecule has 10 aromatic rings. The lowest BCUT2D eigenvalue weighted by Gasteiger charge is -2.35. The molecule has 2 unspecified atom stereocenters. The summed E-state index contributed by atoms with van der Waals surface area (Å²) in [5, 5.41) is 12.4. The second kappa shape index (κ2) is 22.7. The van der Waals surface area contributed by atoms with Crippen LogP contribution in [0.1, 0.15) is 121 Å². The molecule has 0 radical (unpaired) electrons. The molecule has 11 rings (SSSR count). The molecule has 8 aromatic heterocycles. The lowest BCUT2D eigenvalue weighted by atomic mass is 10.0. The molecule has 384 valence electrons. The van der Waals surface area contributed by atoms with Crippen LogP contribution in [0.5, 0.6) is 0 Å². The monoisotopic (exact) mass is 1150 g/mol. The number of benzene rings is 2. The lowest BCUT2D eigenvalue weighted by Crippen LogP contribution is -2.56. The van der Waals surface area contributed by atoms with E-state index in [4.69, 9.17) is 0 Å². The fourth-order valence-electron chi connectivity index (χ4n) is 11.4. The maximum absolute atomic E-state index is 17.2. The van der Waals surface area contributed by atoms with Crippen LogP contribution in [-0.2, 0) is 6.42 Å². The van der Waals surface area contributed by atoms with Gasteiger partial charge < -0.3 is 0 Å². The first kappa shape index (κ1) is 52.4. The van der Waals surface area contributed by atoms with Crippen LogP contribution < -0.4 is 10.4 Å². The summed E-state index contributed by atoms with van der Waals surface area (Å²) in [7, 11) is -2.51. The second-order valence-electron chi connectivity index (χ2n) is 20.3. The van der Waals surface area contributed by atoms with Crippen LogP contribution in [0.3, 0.4) is 0 Å². The Kier molecular flexibility index (Phi) is 16.1. The number of hydrogen-bond donors (Lipinski definition) is 0.